The predicted octanol–water partition coefficient (Wildman–Crippen LogP) is 3.26. The van der Waals surface area contributed by atoms with Crippen molar-refractivity contribution >= 4 is 17.3 Å². The lowest BCUT2D eigenvalue weighted by Crippen LogP contribution is -2.47. The van der Waals surface area contributed by atoms with E-state index in [-0.39, 0.29) is 0 Å². The van der Waals surface area contributed by atoms with E-state index in [4.69, 9.17) is 0 Å². The zero-order chi connectivity index (χ0) is 17.9. The molecule has 1 aromatic heterocycles. The zero-order valence-corrected chi connectivity index (χ0v) is 17.0. The third-order valence-electron chi connectivity index (χ3n) is 3.96. The molecule has 24 heavy (non-hydrogen) atoms. The summed E-state index contributed by atoms with van der Waals surface area (Å²) in [7, 11) is 0. The number of rotatable bonds is 10. The van der Waals surface area contributed by atoms with E-state index < -0.39 is 0 Å². The smallest absolute Gasteiger partial charge is 0.191 e. The van der Waals surface area contributed by atoms with Crippen LogP contribution in [0.15, 0.2) is 11.2 Å². The molecule has 0 aromatic carbocycles. The minimum absolute atomic E-state index is 0.533. The molecule has 2 N–H and O–H groups in total. The van der Waals surface area contributed by atoms with Crippen LogP contribution in [0, 0.1) is 12.8 Å². The van der Waals surface area contributed by atoms with Crippen LogP contribution in [-0.4, -0.2) is 48.1 Å². The lowest BCUT2D eigenvalue weighted by molar-refractivity contribution is 0.191. The van der Waals surface area contributed by atoms with Crippen LogP contribution in [-0.2, 0) is 6.54 Å². The molecule has 0 aliphatic rings. The molecule has 0 aliphatic heterocycles. The van der Waals surface area contributed by atoms with Gasteiger partial charge in [0, 0.05) is 30.2 Å². The Morgan fingerprint density at radius 2 is 1.96 bits per heavy atom. The van der Waals surface area contributed by atoms with E-state index in [9.17, 15) is 0 Å². The molecule has 1 aromatic rings. The number of guanidine groups is 1. The fourth-order valence-electron chi connectivity index (χ4n) is 2.82. The summed E-state index contributed by atoms with van der Waals surface area (Å²) in [6, 6.07) is 0.533. The number of nitrogens with one attached hydrogen (secondary N) is 2. The van der Waals surface area contributed by atoms with E-state index in [1.165, 1.54) is 11.3 Å². The molecule has 1 unspecified atom stereocenters. The van der Waals surface area contributed by atoms with E-state index in [1.807, 2.05) is 6.20 Å². The summed E-state index contributed by atoms with van der Waals surface area (Å²) in [6.07, 6.45) is 3.11. The molecular weight excluding hydrogens is 318 g/mol. The van der Waals surface area contributed by atoms with Gasteiger partial charge in [0.15, 0.2) is 5.96 Å². The summed E-state index contributed by atoms with van der Waals surface area (Å²) < 4.78 is 0. The van der Waals surface area contributed by atoms with Gasteiger partial charge in [0.1, 0.15) is 5.01 Å². The lowest BCUT2D eigenvalue weighted by Gasteiger charge is -2.31. The molecule has 0 fully saturated rings. The first-order valence-corrected chi connectivity index (χ1v) is 9.99. The molecule has 0 aliphatic carbocycles. The summed E-state index contributed by atoms with van der Waals surface area (Å²) in [6.45, 7) is 17.8. The fourth-order valence-corrected chi connectivity index (χ4v) is 3.53. The number of thiazole rings is 1. The second-order valence-corrected chi connectivity index (χ2v) is 7.76. The zero-order valence-electron chi connectivity index (χ0n) is 16.2. The molecule has 0 bridgehead atoms. The van der Waals surface area contributed by atoms with Crippen molar-refractivity contribution in [1.29, 1.82) is 0 Å². The van der Waals surface area contributed by atoms with Crippen molar-refractivity contribution in [3.05, 3.63) is 16.1 Å². The second-order valence-electron chi connectivity index (χ2n) is 6.45. The number of nitrogens with zero attached hydrogens (tertiary/aromatic N) is 3. The van der Waals surface area contributed by atoms with E-state index in [2.05, 4.69) is 67.1 Å². The fraction of sp³-hybridized carbons (Fsp3) is 0.778. The van der Waals surface area contributed by atoms with Gasteiger partial charge < -0.3 is 10.6 Å². The normalized spacial score (nSPS) is 13.6. The molecule has 5 nitrogen and oxygen atoms in total. The van der Waals surface area contributed by atoms with Gasteiger partial charge >= 0.3 is 0 Å². The Hall–Kier alpha value is -1.14. The van der Waals surface area contributed by atoms with Crippen LogP contribution < -0.4 is 10.6 Å². The maximum Gasteiger partial charge on any atom is 0.191 e. The summed E-state index contributed by atoms with van der Waals surface area (Å²) in [5, 5.41) is 7.93. The molecule has 6 heteroatoms. The molecule has 0 saturated heterocycles. The predicted molar refractivity (Wildman–Crippen MR) is 106 cm³/mol. The highest BCUT2D eigenvalue weighted by atomic mass is 32.1. The highest BCUT2D eigenvalue weighted by Gasteiger charge is 2.17. The highest BCUT2D eigenvalue weighted by Crippen LogP contribution is 2.12. The molecule has 1 heterocycles. The Balaban J connectivity index is 2.66. The first-order chi connectivity index (χ1) is 11.5. The van der Waals surface area contributed by atoms with Crippen molar-refractivity contribution in [2.75, 3.05) is 26.2 Å². The van der Waals surface area contributed by atoms with Crippen molar-refractivity contribution in [3.8, 4) is 0 Å². The summed E-state index contributed by atoms with van der Waals surface area (Å²) in [4.78, 5) is 12.8. The quantitative estimate of drug-likeness (QED) is 0.501. The molecule has 138 valence electrons. The Kier molecular flexibility index (Phi) is 9.95. The van der Waals surface area contributed by atoms with Gasteiger partial charge in [0.25, 0.3) is 0 Å². The van der Waals surface area contributed by atoms with E-state index >= 15 is 0 Å². The van der Waals surface area contributed by atoms with Gasteiger partial charge in [0.05, 0.1) is 6.54 Å². The maximum atomic E-state index is 4.68. The number of hydrogen-bond donors (Lipinski definition) is 2. The molecule has 0 spiro atoms. The largest absolute Gasteiger partial charge is 0.357 e. The van der Waals surface area contributed by atoms with Crippen molar-refractivity contribution in [3.63, 3.8) is 0 Å². The van der Waals surface area contributed by atoms with Crippen molar-refractivity contribution < 1.29 is 0 Å². The van der Waals surface area contributed by atoms with Gasteiger partial charge in [-0.3, -0.25) is 4.90 Å². The van der Waals surface area contributed by atoms with Gasteiger partial charge in [-0.25, -0.2) is 9.98 Å². The number of likely N-dealkylation sites (N-methyl/N-ethyl adjacent to an activating group) is 1. The standard InChI is InChI=1S/C18H35N5S/c1-7-19-18(22-13-17-20-11-15(6)24-17)21-12-16(10-14(4)5)23(8-2)9-3/h11,14,16H,7-10,12-13H2,1-6H3,(H2,19,21,22). The molecule has 0 amide bonds. The molecule has 0 saturated carbocycles. The van der Waals surface area contributed by atoms with Crippen molar-refractivity contribution in [2.45, 2.75) is 60.5 Å². The third kappa shape index (κ3) is 7.62. The minimum Gasteiger partial charge on any atom is -0.357 e. The Morgan fingerprint density at radius 3 is 2.46 bits per heavy atom. The Labute approximate surface area is 152 Å². The number of aliphatic imine (C=N–C) groups is 1. The molecule has 1 atom stereocenters. The van der Waals surface area contributed by atoms with Crippen LogP contribution >= 0.6 is 11.3 Å². The molecular formula is C18H35N5S. The third-order valence-corrected chi connectivity index (χ3v) is 4.86. The van der Waals surface area contributed by atoms with Gasteiger partial charge in [-0.1, -0.05) is 27.7 Å². The molecule has 0 radical (unpaired) electrons. The van der Waals surface area contributed by atoms with Gasteiger partial charge in [-0.05, 0) is 39.3 Å². The average Bonchev–Trinajstić information content (AvgIpc) is 2.95. The molecule has 1 rings (SSSR count). The van der Waals surface area contributed by atoms with E-state index in [1.54, 1.807) is 11.3 Å². The van der Waals surface area contributed by atoms with E-state index in [0.717, 1.165) is 37.1 Å². The topological polar surface area (TPSA) is 52.6 Å². The number of aromatic nitrogens is 1. The highest BCUT2D eigenvalue weighted by molar-refractivity contribution is 7.11. The van der Waals surface area contributed by atoms with Crippen LogP contribution in [0.5, 0.6) is 0 Å². The van der Waals surface area contributed by atoms with Gasteiger partial charge in [-0.2, -0.15) is 0 Å². The summed E-state index contributed by atoms with van der Waals surface area (Å²) in [5.41, 5.74) is 0. The Bertz CT molecular complexity index is 480. The van der Waals surface area contributed by atoms with Crippen molar-refractivity contribution in [1.82, 2.24) is 20.5 Å². The minimum atomic E-state index is 0.533. The Morgan fingerprint density at radius 1 is 1.25 bits per heavy atom. The second kappa shape index (κ2) is 11.4. The van der Waals surface area contributed by atoms with Crippen LogP contribution in [0.3, 0.4) is 0 Å². The lowest BCUT2D eigenvalue weighted by atomic mass is 10.0. The number of aryl methyl sites for hydroxylation is 1. The van der Waals surface area contributed by atoms with Gasteiger partial charge in [-0.15, -0.1) is 11.3 Å². The summed E-state index contributed by atoms with van der Waals surface area (Å²) in [5.74, 6) is 1.57. The van der Waals surface area contributed by atoms with Crippen molar-refractivity contribution in [2.24, 2.45) is 10.9 Å². The monoisotopic (exact) mass is 353 g/mol. The van der Waals surface area contributed by atoms with Gasteiger partial charge in [0.2, 0.25) is 0 Å². The maximum absolute atomic E-state index is 4.68. The van der Waals surface area contributed by atoms with Crippen LogP contribution in [0.1, 0.15) is 50.9 Å². The van der Waals surface area contributed by atoms with Crippen LogP contribution in [0.2, 0.25) is 0 Å². The summed E-state index contributed by atoms with van der Waals surface area (Å²) >= 11 is 1.71. The van der Waals surface area contributed by atoms with Crippen LogP contribution in [0.25, 0.3) is 0 Å². The first-order valence-electron chi connectivity index (χ1n) is 9.17. The van der Waals surface area contributed by atoms with Crippen LogP contribution in [0.4, 0.5) is 0 Å². The first kappa shape index (κ1) is 20.9. The SMILES string of the molecule is CCNC(=NCc1ncc(C)s1)NCC(CC(C)C)N(CC)CC. The van der Waals surface area contributed by atoms with E-state index in [0.29, 0.717) is 18.5 Å². The average molecular weight is 354 g/mol. The number of hydrogen-bond acceptors (Lipinski definition) is 4.